The Balaban J connectivity index is 1.54. The van der Waals surface area contributed by atoms with E-state index in [9.17, 15) is 4.79 Å². The van der Waals surface area contributed by atoms with E-state index in [2.05, 4.69) is 54.2 Å². The summed E-state index contributed by atoms with van der Waals surface area (Å²) >= 11 is 0. The van der Waals surface area contributed by atoms with Crippen molar-refractivity contribution in [3.63, 3.8) is 0 Å². The molecule has 1 saturated carbocycles. The number of para-hydroxylation sites is 1. The van der Waals surface area contributed by atoms with Gasteiger partial charge in [-0.15, -0.1) is 0 Å². The Morgan fingerprint density at radius 2 is 2.04 bits per heavy atom. The van der Waals surface area contributed by atoms with Crippen LogP contribution in [0.1, 0.15) is 57.9 Å². The maximum atomic E-state index is 12.3. The minimum atomic E-state index is 0.230. The van der Waals surface area contributed by atoms with Crippen LogP contribution in [0.2, 0.25) is 0 Å². The van der Waals surface area contributed by atoms with Crippen molar-refractivity contribution < 1.29 is 4.79 Å². The lowest BCUT2D eigenvalue weighted by molar-refractivity contribution is -0.122. The highest BCUT2D eigenvalue weighted by Crippen LogP contribution is 2.25. The van der Waals surface area contributed by atoms with Crippen LogP contribution < -0.4 is 5.32 Å². The highest BCUT2D eigenvalue weighted by Gasteiger charge is 2.22. The number of carbonyl (C=O) groups excluding carboxylic acids is 1. The third-order valence-electron chi connectivity index (χ3n) is 5.52. The molecule has 3 nitrogen and oxygen atoms in total. The van der Waals surface area contributed by atoms with Gasteiger partial charge in [0.25, 0.3) is 0 Å². The van der Waals surface area contributed by atoms with Crippen molar-refractivity contribution in [3.05, 3.63) is 36.0 Å². The molecule has 1 aliphatic carbocycles. The van der Waals surface area contributed by atoms with Crippen LogP contribution in [-0.4, -0.2) is 16.5 Å². The number of benzene rings is 1. The van der Waals surface area contributed by atoms with Crippen LogP contribution in [-0.2, 0) is 17.8 Å². The van der Waals surface area contributed by atoms with Crippen LogP contribution in [0, 0.1) is 5.92 Å². The summed E-state index contributed by atoms with van der Waals surface area (Å²) in [5.74, 6) is 0.859. The molecule has 0 radical (unpaired) electrons. The molecule has 2 atom stereocenters. The van der Waals surface area contributed by atoms with Crippen molar-refractivity contribution in [2.24, 2.45) is 5.92 Å². The third-order valence-corrected chi connectivity index (χ3v) is 5.52. The summed E-state index contributed by atoms with van der Waals surface area (Å²) < 4.78 is 2.30. The predicted molar refractivity (Wildman–Crippen MR) is 100 cm³/mol. The molecule has 2 aromatic rings. The fraction of sp³-hybridized carbons (Fsp3) is 0.571. The average Bonchev–Trinajstić information content (AvgIpc) is 2.95. The highest BCUT2D eigenvalue weighted by atomic mass is 16.1. The summed E-state index contributed by atoms with van der Waals surface area (Å²) in [6.07, 6.45) is 9.76. The maximum Gasteiger partial charge on any atom is 0.220 e. The Bertz CT molecular complexity index is 688. The van der Waals surface area contributed by atoms with E-state index >= 15 is 0 Å². The summed E-state index contributed by atoms with van der Waals surface area (Å²) in [7, 11) is 0. The van der Waals surface area contributed by atoms with Gasteiger partial charge in [0, 0.05) is 36.1 Å². The molecular formula is C21H30N2O. The van der Waals surface area contributed by atoms with Crippen molar-refractivity contribution >= 4 is 16.8 Å². The molecule has 0 unspecified atom stereocenters. The number of rotatable bonds is 6. The molecule has 1 N–H and O–H groups in total. The fourth-order valence-corrected chi connectivity index (χ4v) is 4.03. The van der Waals surface area contributed by atoms with E-state index in [1.54, 1.807) is 0 Å². The van der Waals surface area contributed by atoms with Crippen LogP contribution in [0.3, 0.4) is 0 Å². The second-order valence-electron chi connectivity index (χ2n) is 7.25. The molecule has 0 spiro atoms. The molecule has 3 heteroatoms. The molecule has 1 amide bonds. The van der Waals surface area contributed by atoms with Crippen molar-refractivity contribution in [1.29, 1.82) is 0 Å². The fourth-order valence-electron chi connectivity index (χ4n) is 4.03. The molecule has 24 heavy (non-hydrogen) atoms. The number of nitrogens with zero attached hydrogens (tertiary/aromatic N) is 1. The van der Waals surface area contributed by atoms with Crippen LogP contribution in [0.15, 0.2) is 30.5 Å². The lowest BCUT2D eigenvalue weighted by Crippen LogP contribution is -2.40. The Morgan fingerprint density at radius 3 is 2.83 bits per heavy atom. The smallest absolute Gasteiger partial charge is 0.220 e. The van der Waals surface area contributed by atoms with Gasteiger partial charge in [-0.2, -0.15) is 0 Å². The number of aromatic nitrogens is 1. The first kappa shape index (κ1) is 17.1. The van der Waals surface area contributed by atoms with E-state index < -0.39 is 0 Å². The van der Waals surface area contributed by atoms with Gasteiger partial charge >= 0.3 is 0 Å². The highest BCUT2D eigenvalue weighted by molar-refractivity contribution is 5.84. The first-order valence-corrected chi connectivity index (χ1v) is 9.55. The lowest BCUT2D eigenvalue weighted by atomic mass is 9.86. The van der Waals surface area contributed by atoms with Gasteiger partial charge < -0.3 is 9.88 Å². The Hall–Kier alpha value is -1.77. The van der Waals surface area contributed by atoms with Gasteiger partial charge in [0.05, 0.1) is 0 Å². The minimum absolute atomic E-state index is 0.230. The first-order valence-electron chi connectivity index (χ1n) is 9.55. The predicted octanol–water partition coefficient (Wildman–Crippen LogP) is 4.68. The molecule has 0 saturated heterocycles. The SMILES string of the molecule is CCn1cc(CCCC(=O)N[C@@H]2CCCC[C@@H]2C)c2ccccc21. The maximum absolute atomic E-state index is 12.3. The molecule has 0 aliphatic heterocycles. The van der Waals surface area contributed by atoms with Crippen molar-refractivity contribution in [1.82, 2.24) is 9.88 Å². The van der Waals surface area contributed by atoms with E-state index in [-0.39, 0.29) is 5.91 Å². The molecule has 1 fully saturated rings. The van der Waals surface area contributed by atoms with E-state index in [4.69, 9.17) is 0 Å². The molecule has 130 valence electrons. The van der Waals surface area contributed by atoms with Gasteiger partial charge in [0.2, 0.25) is 5.91 Å². The molecule has 1 aliphatic rings. The number of nitrogens with one attached hydrogen (secondary N) is 1. The van der Waals surface area contributed by atoms with Gasteiger partial charge in [-0.1, -0.05) is 38.0 Å². The van der Waals surface area contributed by atoms with Crippen molar-refractivity contribution in [3.8, 4) is 0 Å². The van der Waals surface area contributed by atoms with Gasteiger partial charge in [0.1, 0.15) is 0 Å². The zero-order chi connectivity index (χ0) is 16.9. The normalized spacial score (nSPS) is 21.1. The van der Waals surface area contributed by atoms with Crippen molar-refractivity contribution in [2.75, 3.05) is 0 Å². The number of hydrogen-bond acceptors (Lipinski definition) is 1. The second kappa shape index (κ2) is 7.87. The molecule has 1 aromatic heterocycles. The lowest BCUT2D eigenvalue weighted by Gasteiger charge is -2.29. The van der Waals surface area contributed by atoms with E-state index in [0.717, 1.165) is 25.8 Å². The number of carbonyl (C=O) groups is 1. The molecule has 0 bridgehead atoms. The van der Waals surface area contributed by atoms with Crippen LogP contribution >= 0.6 is 0 Å². The Morgan fingerprint density at radius 1 is 1.25 bits per heavy atom. The first-order chi connectivity index (χ1) is 11.7. The van der Waals surface area contributed by atoms with Crippen LogP contribution in [0.25, 0.3) is 10.9 Å². The summed E-state index contributed by atoms with van der Waals surface area (Å²) in [6, 6.07) is 8.97. The second-order valence-corrected chi connectivity index (χ2v) is 7.25. The molecule has 1 heterocycles. The Kier molecular flexibility index (Phi) is 5.60. The average molecular weight is 326 g/mol. The van der Waals surface area contributed by atoms with E-state index in [1.165, 1.54) is 35.7 Å². The summed E-state index contributed by atoms with van der Waals surface area (Å²) in [5.41, 5.74) is 2.67. The monoisotopic (exact) mass is 326 g/mol. The summed E-state index contributed by atoms with van der Waals surface area (Å²) in [5, 5.41) is 4.60. The zero-order valence-corrected chi connectivity index (χ0v) is 15.1. The standard InChI is InChI=1S/C21H30N2O/c1-3-23-15-17(18-11-5-7-13-20(18)23)10-8-14-21(24)22-19-12-6-4-9-16(19)2/h5,7,11,13,15-16,19H,3-4,6,8-10,12,14H2,1-2H3,(H,22,24)/t16-,19+/m0/s1. The summed E-state index contributed by atoms with van der Waals surface area (Å²) in [4.78, 5) is 12.3. The summed E-state index contributed by atoms with van der Waals surface area (Å²) in [6.45, 7) is 5.43. The molecular weight excluding hydrogens is 296 g/mol. The zero-order valence-electron chi connectivity index (χ0n) is 15.1. The van der Waals surface area contributed by atoms with Crippen molar-refractivity contribution in [2.45, 2.75) is 71.4 Å². The minimum Gasteiger partial charge on any atom is -0.353 e. The number of amides is 1. The molecule has 3 rings (SSSR count). The van der Waals surface area contributed by atoms with Crippen LogP contribution in [0.5, 0.6) is 0 Å². The third kappa shape index (κ3) is 3.82. The van der Waals surface area contributed by atoms with E-state index in [0.29, 0.717) is 18.4 Å². The molecule has 1 aromatic carbocycles. The number of fused-ring (bicyclic) bond motifs is 1. The van der Waals surface area contributed by atoms with Gasteiger partial charge in [-0.05, 0) is 50.2 Å². The topological polar surface area (TPSA) is 34.0 Å². The van der Waals surface area contributed by atoms with Gasteiger partial charge in [-0.3, -0.25) is 4.79 Å². The van der Waals surface area contributed by atoms with E-state index in [1.807, 2.05) is 0 Å². The quantitative estimate of drug-likeness (QED) is 0.822. The van der Waals surface area contributed by atoms with Gasteiger partial charge in [-0.25, -0.2) is 0 Å². The number of hydrogen-bond donors (Lipinski definition) is 1. The number of aryl methyl sites for hydroxylation is 2. The Labute approximate surface area is 145 Å². The largest absolute Gasteiger partial charge is 0.353 e. The van der Waals surface area contributed by atoms with Gasteiger partial charge in [0.15, 0.2) is 0 Å². The van der Waals surface area contributed by atoms with Crippen LogP contribution in [0.4, 0.5) is 0 Å².